The molecular formula is C14H29NO5. The summed E-state index contributed by atoms with van der Waals surface area (Å²) in [4.78, 5) is 0. The highest BCUT2D eigenvalue weighted by atomic mass is 16.6. The first kappa shape index (κ1) is 17.8. The first-order valence-corrected chi connectivity index (χ1v) is 7.65. The lowest BCUT2D eigenvalue weighted by molar-refractivity contribution is -0.254. The van der Waals surface area contributed by atoms with Crippen molar-refractivity contribution in [2.24, 2.45) is 0 Å². The zero-order valence-electron chi connectivity index (χ0n) is 12.2. The molecule has 0 bridgehead atoms. The van der Waals surface area contributed by atoms with Gasteiger partial charge in [0.15, 0.2) is 6.29 Å². The summed E-state index contributed by atoms with van der Waals surface area (Å²) in [6.45, 7) is 2.41. The molecular weight excluding hydrogens is 262 g/mol. The molecule has 5 N–H and O–H groups in total. The number of hydrogen-bond acceptors (Lipinski definition) is 6. The molecule has 0 spiro atoms. The van der Waals surface area contributed by atoms with Gasteiger partial charge in [-0.1, -0.05) is 39.0 Å². The highest BCUT2D eigenvalue weighted by Crippen LogP contribution is 2.19. The van der Waals surface area contributed by atoms with Crippen molar-refractivity contribution in [1.29, 1.82) is 0 Å². The molecule has 1 aliphatic heterocycles. The van der Waals surface area contributed by atoms with Gasteiger partial charge in [0.25, 0.3) is 0 Å². The van der Waals surface area contributed by atoms with Crippen molar-refractivity contribution in [2.45, 2.75) is 76.1 Å². The zero-order valence-corrected chi connectivity index (χ0v) is 12.2. The molecule has 1 aliphatic rings. The molecule has 1 heterocycles. The van der Waals surface area contributed by atoms with Crippen LogP contribution in [0.5, 0.6) is 0 Å². The Morgan fingerprint density at radius 1 is 0.950 bits per heavy atom. The van der Waals surface area contributed by atoms with E-state index in [4.69, 9.17) is 9.84 Å². The molecule has 0 radical (unpaired) electrons. The molecule has 0 aliphatic carbocycles. The summed E-state index contributed by atoms with van der Waals surface area (Å²) in [6, 6.07) is -0.719. The Kier molecular flexibility index (Phi) is 8.60. The van der Waals surface area contributed by atoms with Gasteiger partial charge in [0.1, 0.15) is 18.3 Å². The van der Waals surface area contributed by atoms with Crippen LogP contribution in [0.2, 0.25) is 0 Å². The van der Waals surface area contributed by atoms with Gasteiger partial charge in [0.2, 0.25) is 0 Å². The third-order valence-corrected chi connectivity index (χ3v) is 3.81. The number of aliphatic hydroxyl groups excluding tert-OH is 4. The molecule has 0 aromatic carbocycles. The van der Waals surface area contributed by atoms with Crippen molar-refractivity contribution in [1.82, 2.24) is 5.32 Å². The second-order valence-electron chi connectivity index (χ2n) is 5.48. The van der Waals surface area contributed by atoms with Crippen LogP contribution < -0.4 is 5.32 Å². The minimum Gasteiger partial charge on any atom is -0.394 e. The maximum atomic E-state index is 9.92. The maximum Gasteiger partial charge on any atom is 0.173 e. The van der Waals surface area contributed by atoms with Crippen LogP contribution in [0.15, 0.2) is 0 Å². The van der Waals surface area contributed by atoms with Gasteiger partial charge in [0.05, 0.1) is 12.6 Å². The van der Waals surface area contributed by atoms with Crippen LogP contribution >= 0.6 is 0 Å². The van der Waals surface area contributed by atoms with Crippen LogP contribution in [-0.4, -0.2) is 64.2 Å². The predicted octanol–water partition coefficient (Wildman–Crippen LogP) is -0.264. The highest BCUT2D eigenvalue weighted by Gasteiger charge is 2.43. The van der Waals surface area contributed by atoms with Crippen molar-refractivity contribution < 1.29 is 25.2 Å². The Bertz CT molecular complexity index is 254. The summed E-state index contributed by atoms with van der Waals surface area (Å²) in [6.07, 6.45) is 2.49. The molecule has 20 heavy (non-hydrogen) atoms. The summed E-state index contributed by atoms with van der Waals surface area (Å²) in [5.74, 6) is 0. The molecule has 1 saturated heterocycles. The zero-order chi connectivity index (χ0) is 15.0. The Balaban J connectivity index is 2.22. The monoisotopic (exact) mass is 291 g/mol. The van der Waals surface area contributed by atoms with Crippen LogP contribution in [-0.2, 0) is 4.74 Å². The number of ether oxygens (including phenoxy) is 1. The first-order chi connectivity index (χ1) is 9.61. The van der Waals surface area contributed by atoms with E-state index >= 15 is 0 Å². The Labute approximate surface area is 120 Å². The van der Waals surface area contributed by atoms with E-state index in [-0.39, 0.29) is 0 Å². The molecule has 0 saturated carbocycles. The third-order valence-electron chi connectivity index (χ3n) is 3.81. The first-order valence-electron chi connectivity index (χ1n) is 7.65. The van der Waals surface area contributed by atoms with Gasteiger partial charge in [-0.3, -0.25) is 0 Å². The summed E-state index contributed by atoms with van der Waals surface area (Å²) in [5, 5.41) is 41.4. The van der Waals surface area contributed by atoms with Gasteiger partial charge < -0.3 is 30.5 Å². The van der Waals surface area contributed by atoms with Crippen LogP contribution in [0.3, 0.4) is 0 Å². The smallest absolute Gasteiger partial charge is 0.173 e. The van der Waals surface area contributed by atoms with E-state index in [0.717, 1.165) is 12.8 Å². The summed E-state index contributed by atoms with van der Waals surface area (Å²) < 4.78 is 5.07. The predicted molar refractivity (Wildman–Crippen MR) is 75.1 cm³/mol. The molecule has 6 nitrogen and oxygen atoms in total. The normalized spacial score (nSPS) is 34.4. The second-order valence-corrected chi connectivity index (χ2v) is 5.48. The molecule has 120 valence electrons. The van der Waals surface area contributed by atoms with Crippen LogP contribution in [0, 0.1) is 0 Å². The van der Waals surface area contributed by atoms with Crippen molar-refractivity contribution in [3.05, 3.63) is 0 Å². The van der Waals surface area contributed by atoms with E-state index in [1.807, 2.05) is 0 Å². The Morgan fingerprint density at radius 2 is 1.60 bits per heavy atom. The molecule has 0 aromatic heterocycles. The Hall–Kier alpha value is -0.240. The molecule has 1 rings (SSSR count). The van der Waals surface area contributed by atoms with E-state index in [9.17, 15) is 15.3 Å². The van der Waals surface area contributed by atoms with Gasteiger partial charge in [-0.15, -0.1) is 0 Å². The minimum absolute atomic E-state index is 0.431. The number of rotatable bonds is 9. The van der Waals surface area contributed by atoms with Gasteiger partial charge in [-0.2, -0.15) is 0 Å². The van der Waals surface area contributed by atoms with Crippen LogP contribution in [0.1, 0.15) is 45.4 Å². The average molecular weight is 291 g/mol. The number of unbranched alkanes of at least 4 members (excludes halogenated alkanes) is 5. The van der Waals surface area contributed by atoms with Crippen molar-refractivity contribution >= 4 is 0 Å². The standard InChI is InChI=1S/C14H29NO5/c1-2-3-4-5-6-7-8-15-11-13(18)12(17)10(9-16)20-14(11)19/h10-19H,2-9H2,1H3/t10-,11-,12-,13-,14?/m1/s1. The molecule has 5 atom stereocenters. The molecule has 6 heteroatoms. The highest BCUT2D eigenvalue weighted by molar-refractivity contribution is 4.92. The molecule has 0 amide bonds. The topological polar surface area (TPSA) is 102 Å². The fraction of sp³-hybridized carbons (Fsp3) is 1.00. The van der Waals surface area contributed by atoms with E-state index in [0.29, 0.717) is 6.54 Å². The molecule has 1 fully saturated rings. The van der Waals surface area contributed by atoms with E-state index in [1.165, 1.54) is 25.7 Å². The molecule has 1 unspecified atom stereocenters. The summed E-state index contributed by atoms with van der Waals surface area (Å²) in [7, 11) is 0. The van der Waals surface area contributed by atoms with E-state index < -0.39 is 37.3 Å². The fourth-order valence-electron chi connectivity index (χ4n) is 2.49. The maximum absolute atomic E-state index is 9.92. The van der Waals surface area contributed by atoms with Gasteiger partial charge in [-0.05, 0) is 13.0 Å². The summed E-state index contributed by atoms with van der Waals surface area (Å²) in [5.41, 5.74) is 0. The summed E-state index contributed by atoms with van der Waals surface area (Å²) >= 11 is 0. The van der Waals surface area contributed by atoms with E-state index in [1.54, 1.807) is 0 Å². The average Bonchev–Trinajstić information content (AvgIpc) is 2.45. The minimum atomic E-state index is -1.22. The van der Waals surface area contributed by atoms with Crippen molar-refractivity contribution in [2.75, 3.05) is 13.2 Å². The van der Waals surface area contributed by atoms with Crippen molar-refractivity contribution in [3.8, 4) is 0 Å². The largest absolute Gasteiger partial charge is 0.394 e. The van der Waals surface area contributed by atoms with Gasteiger partial charge in [-0.25, -0.2) is 0 Å². The molecule has 0 aromatic rings. The van der Waals surface area contributed by atoms with Crippen LogP contribution in [0.25, 0.3) is 0 Å². The van der Waals surface area contributed by atoms with Gasteiger partial charge in [0, 0.05) is 0 Å². The SMILES string of the molecule is CCCCCCCCN[C@H]1C(O)O[C@H](CO)[C@@H](O)[C@@H]1O. The number of nitrogens with one attached hydrogen (secondary N) is 1. The lowest BCUT2D eigenvalue weighted by Crippen LogP contribution is -2.63. The number of hydrogen-bond donors (Lipinski definition) is 5. The van der Waals surface area contributed by atoms with E-state index in [2.05, 4.69) is 12.2 Å². The van der Waals surface area contributed by atoms with Crippen LogP contribution in [0.4, 0.5) is 0 Å². The van der Waals surface area contributed by atoms with Gasteiger partial charge >= 0.3 is 0 Å². The lowest BCUT2D eigenvalue weighted by atomic mass is 9.97. The van der Waals surface area contributed by atoms with Crippen molar-refractivity contribution in [3.63, 3.8) is 0 Å². The number of aliphatic hydroxyl groups is 4. The quantitative estimate of drug-likeness (QED) is 0.375. The fourth-order valence-corrected chi connectivity index (χ4v) is 2.49. The second kappa shape index (κ2) is 9.65. The lowest BCUT2D eigenvalue weighted by Gasteiger charge is -2.40. The third kappa shape index (κ3) is 5.27. The Morgan fingerprint density at radius 3 is 2.25 bits per heavy atom.